The lowest BCUT2D eigenvalue weighted by atomic mass is 10.0. The monoisotopic (exact) mass is 224 g/mol. The third-order valence-corrected chi connectivity index (χ3v) is 3.16. The second kappa shape index (κ2) is 3.51. The molecule has 1 aromatic heterocycles. The van der Waals surface area contributed by atoms with Crippen LogP contribution in [-0.4, -0.2) is 5.16 Å². The van der Waals surface area contributed by atoms with Crippen LogP contribution >= 0.6 is 11.6 Å². The molecule has 0 aliphatic rings. The van der Waals surface area contributed by atoms with E-state index < -0.39 is 0 Å². The topological polar surface area (TPSA) is 52.0 Å². The maximum absolute atomic E-state index is 6.18. The minimum atomic E-state index is -0.149. The number of aryl methyl sites for hydroxylation is 2. The molecule has 80 valence electrons. The molecular weight excluding hydrogens is 212 g/mol. The van der Waals surface area contributed by atoms with Crippen molar-refractivity contribution in [3.8, 4) is 0 Å². The number of hydrogen-bond donors (Lipinski definition) is 1. The van der Waals surface area contributed by atoms with Crippen LogP contribution < -0.4 is 5.73 Å². The van der Waals surface area contributed by atoms with Crippen LogP contribution in [0, 0.1) is 13.8 Å². The summed E-state index contributed by atoms with van der Waals surface area (Å²) in [6, 6.07) is 1.74. The van der Waals surface area contributed by atoms with Crippen molar-refractivity contribution in [1.82, 2.24) is 5.16 Å². The molecule has 1 unspecified atom stereocenters. The van der Waals surface area contributed by atoms with Crippen LogP contribution in [-0.2, 0) is 0 Å². The van der Waals surface area contributed by atoms with Gasteiger partial charge in [0.1, 0.15) is 5.69 Å². The fraction of sp³-hybridized carbons (Fsp3) is 0.364. The zero-order valence-electron chi connectivity index (χ0n) is 8.97. The van der Waals surface area contributed by atoms with E-state index >= 15 is 0 Å². The standard InChI is InChI=1S/C11H13ClN2O/c1-5-4-8-9(6(2)10(5)12)11(7(3)13)14-15-8/h4,7H,13H2,1-3H3. The Labute approximate surface area is 93.2 Å². The first-order chi connectivity index (χ1) is 7.02. The summed E-state index contributed by atoms with van der Waals surface area (Å²) in [5, 5.41) is 5.68. The van der Waals surface area contributed by atoms with E-state index in [9.17, 15) is 0 Å². The number of fused-ring (bicyclic) bond motifs is 1. The number of nitrogens with zero attached hydrogens (tertiary/aromatic N) is 1. The number of halogens is 1. The average Bonchev–Trinajstić information content (AvgIpc) is 2.58. The van der Waals surface area contributed by atoms with Crippen LogP contribution in [0.1, 0.15) is 29.8 Å². The van der Waals surface area contributed by atoms with Gasteiger partial charge in [-0.1, -0.05) is 16.8 Å². The number of benzene rings is 1. The van der Waals surface area contributed by atoms with Crippen LogP contribution in [0.3, 0.4) is 0 Å². The molecule has 0 aliphatic heterocycles. The normalized spacial score (nSPS) is 13.4. The van der Waals surface area contributed by atoms with Crippen molar-refractivity contribution in [3.63, 3.8) is 0 Å². The molecule has 2 N–H and O–H groups in total. The minimum Gasteiger partial charge on any atom is -0.356 e. The summed E-state index contributed by atoms with van der Waals surface area (Å²) < 4.78 is 5.24. The van der Waals surface area contributed by atoms with Gasteiger partial charge in [-0.3, -0.25) is 0 Å². The van der Waals surface area contributed by atoms with Gasteiger partial charge < -0.3 is 10.3 Å². The fourth-order valence-corrected chi connectivity index (χ4v) is 1.92. The molecule has 2 rings (SSSR count). The molecule has 0 fully saturated rings. The zero-order chi connectivity index (χ0) is 11.2. The summed E-state index contributed by atoms with van der Waals surface area (Å²) in [5.41, 5.74) is 9.32. The molecule has 4 heteroatoms. The SMILES string of the molecule is Cc1cc2onc(C(C)N)c2c(C)c1Cl. The number of hydrogen-bond acceptors (Lipinski definition) is 3. The lowest BCUT2D eigenvalue weighted by molar-refractivity contribution is 0.440. The number of aromatic nitrogens is 1. The third kappa shape index (κ3) is 1.52. The summed E-state index contributed by atoms with van der Waals surface area (Å²) in [6.07, 6.45) is 0. The van der Waals surface area contributed by atoms with Crippen LogP contribution in [0.5, 0.6) is 0 Å². The van der Waals surface area contributed by atoms with Gasteiger partial charge in [-0.15, -0.1) is 0 Å². The summed E-state index contributed by atoms with van der Waals surface area (Å²) in [6.45, 7) is 5.79. The molecule has 0 radical (unpaired) electrons. The van der Waals surface area contributed by atoms with Crippen molar-refractivity contribution in [3.05, 3.63) is 27.9 Å². The van der Waals surface area contributed by atoms with Gasteiger partial charge in [0.25, 0.3) is 0 Å². The minimum absolute atomic E-state index is 0.149. The largest absolute Gasteiger partial charge is 0.356 e. The first-order valence-electron chi connectivity index (χ1n) is 4.83. The molecule has 0 aliphatic carbocycles. The lowest BCUT2D eigenvalue weighted by Crippen LogP contribution is -2.06. The number of nitrogens with two attached hydrogens (primary N) is 1. The Morgan fingerprint density at radius 1 is 1.47 bits per heavy atom. The van der Waals surface area contributed by atoms with Crippen LogP contribution in [0.4, 0.5) is 0 Å². The molecule has 0 spiro atoms. The molecule has 0 saturated carbocycles. The second-order valence-corrected chi connectivity index (χ2v) is 4.24. The van der Waals surface area contributed by atoms with Gasteiger partial charge in [-0.2, -0.15) is 0 Å². The van der Waals surface area contributed by atoms with E-state index in [0.717, 1.165) is 32.8 Å². The smallest absolute Gasteiger partial charge is 0.167 e. The molecule has 1 atom stereocenters. The maximum Gasteiger partial charge on any atom is 0.167 e. The average molecular weight is 225 g/mol. The molecule has 0 saturated heterocycles. The lowest BCUT2D eigenvalue weighted by Gasteiger charge is -2.05. The van der Waals surface area contributed by atoms with E-state index in [1.165, 1.54) is 0 Å². The first kappa shape index (κ1) is 10.5. The first-order valence-corrected chi connectivity index (χ1v) is 5.20. The van der Waals surface area contributed by atoms with Crippen molar-refractivity contribution in [2.75, 3.05) is 0 Å². The Morgan fingerprint density at radius 3 is 2.73 bits per heavy atom. The number of rotatable bonds is 1. The van der Waals surface area contributed by atoms with E-state index in [-0.39, 0.29) is 6.04 Å². The molecule has 2 aromatic rings. The Balaban J connectivity index is 2.85. The molecule has 0 bridgehead atoms. The van der Waals surface area contributed by atoms with Crippen molar-refractivity contribution in [2.24, 2.45) is 5.73 Å². The quantitative estimate of drug-likeness (QED) is 0.810. The zero-order valence-corrected chi connectivity index (χ0v) is 9.72. The van der Waals surface area contributed by atoms with E-state index in [1.54, 1.807) is 0 Å². The van der Waals surface area contributed by atoms with E-state index in [0.29, 0.717) is 0 Å². The van der Waals surface area contributed by atoms with Gasteiger partial charge in [0, 0.05) is 11.1 Å². The van der Waals surface area contributed by atoms with E-state index in [2.05, 4.69) is 5.16 Å². The molecule has 3 nitrogen and oxygen atoms in total. The molecule has 0 amide bonds. The molecule has 1 aromatic carbocycles. The van der Waals surface area contributed by atoms with Crippen LogP contribution in [0.15, 0.2) is 10.6 Å². The summed E-state index contributed by atoms with van der Waals surface area (Å²) in [7, 11) is 0. The van der Waals surface area contributed by atoms with Gasteiger partial charge in [0.2, 0.25) is 0 Å². The fourth-order valence-electron chi connectivity index (χ4n) is 1.77. The Bertz CT molecular complexity index is 517. The Kier molecular flexibility index (Phi) is 2.44. The second-order valence-electron chi connectivity index (χ2n) is 3.86. The van der Waals surface area contributed by atoms with Gasteiger partial charge in [0.15, 0.2) is 5.58 Å². The third-order valence-electron chi connectivity index (χ3n) is 2.57. The highest BCUT2D eigenvalue weighted by Gasteiger charge is 2.16. The summed E-state index contributed by atoms with van der Waals surface area (Å²) in [5.74, 6) is 0. The van der Waals surface area contributed by atoms with Gasteiger partial charge >= 0.3 is 0 Å². The molecule has 1 heterocycles. The Hall–Kier alpha value is -1.06. The Morgan fingerprint density at radius 2 is 2.13 bits per heavy atom. The summed E-state index contributed by atoms with van der Waals surface area (Å²) in [4.78, 5) is 0. The van der Waals surface area contributed by atoms with Crippen molar-refractivity contribution in [2.45, 2.75) is 26.8 Å². The molecule has 15 heavy (non-hydrogen) atoms. The highest BCUT2D eigenvalue weighted by molar-refractivity contribution is 6.33. The highest BCUT2D eigenvalue weighted by atomic mass is 35.5. The van der Waals surface area contributed by atoms with Crippen molar-refractivity contribution >= 4 is 22.6 Å². The molecular formula is C11H13ClN2O. The maximum atomic E-state index is 6.18. The van der Waals surface area contributed by atoms with Gasteiger partial charge in [-0.25, -0.2) is 0 Å². The van der Waals surface area contributed by atoms with Gasteiger partial charge in [0.05, 0.1) is 5.39 Å². The van der Waals surface area contributed by atoms with Crippen LogP contribution in [0.2, 0.25) is 5.02 Å². The van der Waals surface area contributed by atoms with Crippen LogP contribution in [0.25, 0.3) is 11.0 Å². The predicted molar refractivity (Wildman–Crippen MR) is 61.1 cm³/mol. The van der Waals surface area contributed by atoms with Gasteiger partial charge in [-0.05, 0) is 38.0 Å². The van der Waals surface area contributed by atoms with Crippen molar-refractivity contribution in [1.29, 1.82) is 0 Å². The summed E-state index contributed by atoms with van der Waals surface area (Å²) >= 11 is 6.18. The van der Waals surface area contributed by atoms with Crippen molar-refractivity contribution < 1.29 is 4.52 Å². The van der Waals surface area contributed by atoms with E-state index in [1.807, 2.05) is 26.8 Å². The predicted octanol–water partition coefficient (Wildman–Crippen LogP) is 3.12. The van der Waals surface area contributed by atoms with E-state index in [4.69, 9.17) is 21.9 Å². The highest BCUT2D eigenvalue weighted by Crippen LogP contribution is 2.32.